The second-order valence-electron chi connectivity index (χ2n) is 4.20. The van der Waals surface area contributed by atoms with Crippen LogP contribution in [0.1, 0.15) is 12.0 Å². The lowest BCUT2D eigenvalue weighted by molar-refractivity contribution is -0.117. The predicted molar refractivity (Wildman–Crippen MR) is 62.6 cm³/mol. The van der Waals surface area contributed by atoms with Crippen LogP contribution in [-0.4, -0.2) is 31.1 Å². The zero-order valence-corrected chi connectivity index (χ0v) is 10.3. The average Bonchev–Trinajstić information content (AvgIpc) is 2.64. The monoisotopic (exact) mass is 274 g/mol. The highest BCUT2D eigenvalue weighted by atomic mass is 32.3. The molecular weight excluding hydrogens is 263 g/mol. The molecular formula is C10H11FN2O4S. The number of nitrogens with zero attached hydrogens (tertiary/aromatic N) is 1. The molecule has 0 aliphatic carbocycles. The SMILES string of the molecule is Cc1c[nH]c(=O)c(N2CC(S(=O)(=O)F)CC2=O)c1. The second-order valence-corrected chi connectivity index (χ2v) is 5.82. The van der Waals surface area contributed by atoms with Crippen LogP contribution >= 0.6 is 0 Å². The van der Waals surface area contributed by atoms with Gasteiger partial charge in [0.15, 0.2) is 0 Å². The van der Waals surface area contributed by atoms with Crippen LogP contribution in [0.15, 0.2) is 17.1 Å². The van der Waals surface area contributed by atoms with Gasteiger partial charge in [0.2, 0.25) is 5.91 Å². The molecule has 1 atom stereocenters. The number of rotatable bonds is 2. The first-order valence-corrected chi connectivity index (χ1v) is 6.67. The maximum atomic E-state index is 12.8. The van der Waals surface area contributed by atoms with Gasteiger partial charge in [-0.1, -0.05) is 0 Å². The quantitative estimate of drug-likeness (QED) is 0.774. The first kappa shape index (κ1) is 12.7. The highest BCUT2D eigenvalue weighted by molar-refractivity contribution is 7.87. The number of H-pyrrole nitrogens is 1. The highest BCUT2D eigenvalue weighted by Crippen LogP contribution is 2.23. The van der Waals surface area contributed by atoms with Gasteiger partial charge < -0.3 is 9.88 Å². The van der Waals surface area contributed by atoms with Crippen LogP contribution in [0.2, 0.25) is 0 Å². The number of carbonyl (C=O) groups is 1. The van der Waals surface area contributed by atoms with E-state index in [1.165, 1.54) is 12.3 Å². The Labute approximate surface area is 103 Å². The minimum absolute atomic E-state index is 0.0474. The predicted octanol–water partition coefficient (Wildman–Crippen LogP) is 0.0879. The molecule has 1 unspecified atom stereocenters. The lowest BCUT2D eigenvalue weighted by Gasteiger charge is -2.15. The normalized spacial score (nSPS) is 20.4. The van der Waals surface area contributed by atoms with Crippen molar-refractivity contribution in [3.8, 4) is 0 Å². The van der Waals surface area contributed by atoms with Crippen LogP contribution < -0.4 is 10.5 Å². The number of aryl methyl sites for hydroxylation is 1. The van der Waals surface area contributed by atoms with E-state index in [1.807, 2.05) is 0 Å². The van der Waals surface area contributed by atoms with Crippen molar-refractivity contribution in [2.45, 2.75) is 18.6 Å². The average molecular weight is 274 g/mol. The third-order valence-electron chi connectivity index (χ3n) is 2.81. The van der Waals surface area contributed by atoms with Gasteiger partial charge in [0.25, 0.3) is 5.56 Å². The highest BCUT2D eigenvalue weighted by Gasteiger charge is 2.39. The number of hydrogen-bond acceptors (Lipinski definition) is 4. The molecule has 98 valence electrons. The Morgan fingerprint density at radius 1 is 1.44 bits per heavy atom. The molecule has 1 fully saturated rings. The molecule has 1 aliphatic rings. The summed E-state index contributed by atoms with van der Waals surface area (Å²) >= 11 is 0. The molecule has 1 aromatic rings. The molecule has 0 aromatic carbocycles. The van der Waals surface area contributed by atoms with E-state index in [2.05, 4.69) is 4.98 Å². The number of aromatic nitrogens is 1. The Kier molecular flexibility index (Phi) is 2.97. The van der Waals surface area contributed by atoms with Crippen LogP contribution in [0.4, 0.5) is 9.57 Å². The Morgan fingerprint density at radius 3 is 2.67 bits per heavy atom. The van der Waals surface area contributed by atoms with E-state index < -0.39 is 33.4 Å². The van der Waals surface area contributed by atoms with Crippen molar-refractivity contribution in [1.82, 2.24) is 4.98 Å². The number of aromatic amines is 1. The number of hydrogen-bond donors (Lipinski definition) is 1. The summed E-state index contributed by atoms with van der Waals surface area (Å²) in [4.78, 5) is 26.6. The molecule has 1 saturated heterocycles. The molecule has 18 heavy (non-hydrogen) atoms. The van der Waals surface area contributed by atoms with Gasteiger partial charge in [0, 0.05) is 19.2 Å². The van der Waals surface area contributed by atoms with Crippen molar-refractivity contribution in [2.24, 2.45) is 0 Å². The minimum atomic E-state index is -4.77. The minimum Gasteiger partial charge on any atom is -0.327 e. The van der Waals surface area contributed by atoms with Crippen molar-refractivity contribution in [3.63, 3.8) is 0 Å². The fraction of sp³-hybridized carbons (Fsp3) is 0.400. The molecule has 1 amide bonds. The first-order chi connectivity index (χ1) is 8.29. The Balaban J connectivity index is 2.39. The van der Waals surface area contributed by atoms with Gasteiger partial charge in [0.05, 0.1) is 0 Å². The number of nitrogens with one attached hydrogen (secondary N) is 1. The van der Waals surface area contributed by atoms with Crippen LogP contribution in [0.3, 0.4) is 0 Å². The number of halogens is 1. The smallest absolute Gasteiger partial charge is 0.307 e. The van der Waals surface area contributed by atoms with Crippen molar-refractivity contribution in [3.05, 3.63) is 28.2 Å². The molecule has 0 bridgehead atoms. The van der Waals surface area contributed by atoms with Crippen LogP contribution in [0.5, 0.6) is 0 Å². The molecule has 0 radical (unpaired) electrons. The molecule has 1 aromatic heterocycles. The summed E-state index contributed by atoms with van der Waals surface area (Å²) in [7, 11) is -4.77. The third kappa shape index (κ3) is 2.28. The molecule has 6 nitrogen and oxygen atoms in total. The fourth-order valence-corrected chi connectivity index (χ4v) is 2.54. The van der Waals surface area contributed by atoms with Gasteiger partial charge >= 0.3 is 10.2 Å². The van der Waals surface area contributed by atoms with Gasteiger partial charge in [-0.05, 0) is 18.6 Å². The van der Waals surface area contributed by atoms with Gasteiger partial charge in [-0.15, -0.1) is 3.89 Å². The zero-order chi connectivity index (χ0) is 13.5. The van der Waals surface area contributed by atoms with Crippen molar-refractivity contribution < 1.29 is 17.1 Å². The summed E-state index contributed by atoms with van der Waals surface area (Å²) in [6.07, 6.45) is 1.03. The molecule has 0 spiro atoms. The Hall–Kier alpha value is -1.70. The number of pyridine rings is 1. The van der Waals surface area contributed by atoms with E-state index >= 15 is 0 Å². The molecule has 2 rings (SSSR count). The van der Waals surface area contributed by atoms with E-state index in [1.54, 1.807) is 6.92 Å². The van der Waals surface area contributed by atoms with E-state index in [4.69, 9.17) is 0 Å². The lowest BCUT2D eigenvalue weighted by atomic mass is 10.3. The van der Waals surface area contributed by atoms with Crippen molar-refractivity contribution in [2.75, 3.05) is 11.4 Å². The number of carbonyl (C=O) groups excluding carboxylic acids is 1. The fourth-order valence-electron chi connectivity index (χ4n) is 1.87. The summed E-state index contributed by atoms with van der Waals surface area (Å²) in [5.41, 5.74) is 0.251. The van der Waals surface area contributed by atoms with Crippen LogP contribution in [0, 0.1) is 6.92 Å². The summed E-state index contributed by atoms with van der Waals surface area (Å²) < 4.78 is 34.4. The topological polar surface area (TPSA) is 87.3 Å². The maximum absolute atomic E-state index is 12.8. The van der Waals surface area contributed by atoms with E-state index in [-0.39, 0.29) is 12.2 Å². The molecule has 1 aliphatic heterocycles. The zero-order valence-electron chi connectivity index (χ0n) is 9.51. The van der Waals surface area contributed by atoms with Crippen molar-refractivity contribution in [1.29, 1.82) is 0 Å². The summed E-state index contributed by atoms with van der Waals surface area (Å²) in [6, 6.07) is 1.46. The standard InChI is InChI=1S/C10H11FN2O4S/c1-6-2-8(10(15)12-4-6)13-5-7(3-9(13)14)18(11,16)17/h2,4,7H,3,5H2,1H3,(H,12,15). The van der Waals surface area contributed by atoms with E-state index in [0.717, 1.165) is 4.90 Å². The summed E-state index contributed by atoms with van der Waals surface area (Å²) in [5.74, 6) is -0.572. The van der Waals surface area contributed by atoms with Gasteiger partial charge in [-0.2, -0.15) is 8.42 Å². The molecule has 8 heteroatoms. The Morgan fingerprint density at radius 2 is 2.11 bits per heavy atom. The second kappa shape index (κ2) is 4.20. The van der Waals surface area contributed by atoms with Gasteiger partial charge in [-0.25, -0.2) is 0 Å². The van der Waals surface area contributed by atoms with Crippen molar-refractivity contribution >= 4 is 21.8 Å². The summed E-state index contributed by atoms with van der Waals surface area (Å²) in [6.45, 7) is 1.38. The van der Waals surface area contributed by atoms with E-state index in [9.17, 15) is 21.9 Å². The lowest BCUT2D eigenvalue weighted by Crippen LogP contribution is -2.31. The molecule has 0 saturated carbocycles. The molecule has 2 heterocycles. The number of anilines is 1. The Bertz CT molecular complexity index is 652. The third-order valence-corrected chi connectivity index (χ3v) is 3.92. The first-order valence-electron chi connectivity index (χ1n) is 5.22. The van der Waals surface area contributed by atoms with Crippen LogP contribution in [-0.2, 0) is 15.0 Å². The molecule has 1 N–H and O–H groups in total. The van der Waals surface area contributed by atoms with E-state index in [0.29, 0.717) is 5.56 Å². The number of amides is 1. The van der Waals surface area contributed by atoms with Gasteiger partial charge in [0.1, 0.15) is 10.9 Å². The maximum Gasteiger partial charge on any atom is 0.307 e. The summed E-state index contributed by atoms with van der Waals surface area (Å²) in [5, 5.41) is -1.40. The van der Waals surface area contributed by atoms with Gasteiger partial charge in [-0.3, -0.25) is 9.59 Å². The van der Waals surface area contributed by atoms with Crippen LogP contribution in [0.25, 0.3) is 0 Å². The largest absolute Gasteiger partial charge is 0.327 e.